The Morgan fingerprint density at radius 1 is 0.759 bits per heavy atom. The molecule has 0 amide bonds. The maximum Gasteiger partial charge on any atom is 0.136 e. The Balaban J connectivity index is 2.77. The summed E-state index contributed by atoms with van der Waals surface area (Å²) in [7, 11) is 1.79. The van der Waals surface area contributed by atoms with Crippen molar-refractivity contribution in [2.75, 3.05) is 67.1 Å². The number of benzene rings is 1. The third kappa shape index (κ3) is 12.5. The Morgan fingerprint density at radius 3 is 1.79 bits per heavy atom. The zero-order valence-corrected chi connectivity index (χ0v) is 21.3. The first kappa shape index (κ1) is 26.2. The Bertz CT molecular complexity index is 651. The lowest BCUT2D eigenvalue weighted by Crippen LogP contribution is -2.16. The molecular formula is C21H33IO6Si. The molecule has 6 nitrogen and oxygen atoms in total. The lowest BCUT2D eigenvalue weighted by molar-refractivity contribution is 0.0537. The number of rotatable bonds is 14. The van der Waals surface area contributed by atoms with E-state index in [1.807, 2.05) is 12.1 Å². The van der Waals surface area contributed by atoms with Gasteiger partial charge in [0.15, 0.2) is 0 Å². The molecule has 0 saturated heterocycles. The van der Waals surface area contributed by atoms with Gasteiger partial charge in [0.1, 0.15) is 32.8 Å². The van der Waals surface area contributed by atoms with Gasteiger partial charge < -0.3 is 28.4 Å². The molecule has 0 spiro atoms. The number of ether oxygens (including phenoxy) is 6. The van der Waals surface area contributed by atoms with Crippen molar-refractivity contribution in [3.8, 4) is 23.0 Å². The molecule has 1 rings (SSSR count). The predicted octanol–water partition coefficient (Wildman–Crippen LogP) is 3.60. The predicted molar refractivity (Wildman–Crippen MR) is 126 cm³/mol. The summed E-state index contributed by atoms with van der Waals surface area (Å²) in [6, 6.07) is 3.91. The fraction of sp³-hybridized carbons (Fsp3) is 0.619. The number of hydrogen-bond acceptors (Lipinski definition) is 6. The first-order valence-electron chi connectivity index (χ1n) is 9.63. The van der Waals surface area contributed by atoms with Crippen molar-refractivity contribution in [1.82, 2.24) is 0 Å². The van der Waals surface area contributed by atoms with Crippen LogP contribution in [0.1, 0.15) is 5.56 Å². The van der Waals surface area contributed by atoms with Crippen LogP contribution in [0.15, 0.2) is 12.1 Å². The van der Waals surface area contributed by atoms with Gasteiger partial charge in [-0.05, 0) is 28.7 Å². The summed E-state index contributed by atoms with van der Waals surface area (Å²) in [5.74, 6) is 4.83. The third-order valence-electron chi connectivity index (χ3n) is 3.44. The van der Waals surface area contributed by atoms with E-state index in [4.69, 9.17) is 28.4 Å². The second-order valence-corrected chi connectivity index (χ2v) is 13.1. The minimum Gasteiger partial charge on any atom is -0.490 e. The average Bonchev–Trinajstić information content (AvgIpc) is 2.66. The van der Waals surface area contributed by atoms with Crippen molar-refractivity contribution in [3.63, 3.8) is 0 Å². The second-order valence-electron chi connectivity index (χ2n) is 7.19. The highest BCUT2D eigenvalue weighted by Crippen LogP contribution is 2.30. The van der Waals surface area contributed by atoms with Crippen LogP contribution in [0.3, 0.4) is 0 Å². The highest BCUT2D eigenvalue weighted by molar-refractivity contribution is 14.1. The minimum atomic E-state index is -1.52. The van der Waals surface area contributed by atoms with Crippen LogP contribution < -0.4 is 9.47 Å². The standard InChI is InChI=1S/C21H33IO6Si/c1-23-7-9-25-11-13-27-20-17-19(22)21(28-14-12-26-10-8-24-2)16-18(20)6-15-29(3,4)5/h16-17H,7-14H2,1-5H3. The van der Waals surface area contributed by atoms with E-state index in [2.05, 4.69) is 53.7 Å². The lowest BCUT2D eigenvalue weighted by Gasteiger charge is -2.14. The van der Waals surface area contributed by atoms with E-state index in [0.717, 1.165) is 20.6 Å². The molecule has 0 fully saturated rings. The molecule has 1 aromatic rings. The summed E-state index contributed by atoms with van der Waals surface area (Å²) in [6.07, 6.45) is 0. The Morgan fingerprint density at radius 2 is 1.28 bits per heavy atom. The molecule has 0 radical (unpaired) electrons. The van der Waals surface area contributed by atoms with E-state index in [-0.39, 0.29) is 0 Å². The smallest absolute Gasteiger partial charge is 0.136 e. The van der Waals surface area contributed by atoms with Gasteiger partial charge in [-0.15, -0.1) is 5.54 Å². The van der Waals surface area contributed by atoms with E-state index in [9.17, 15) is 0 Å². The monoisotopic (exact) mass is 536 g/mol. The first-order chi connectivity index (χ1) is 13.9. The SMILES string of the molecule is COCCOCCOc1cc(C#C[Si](C)(C)C)c(OCCOCCOC)cc1I. The first-order valence-corrected chi connectivity index (χ1v) is 14.2. The van der Waals surface area contributed by atoms with Crippen molar-refractivity contribution in [2.45, 2.75) is 19.6 Å². The van der Waals surface area contributed by atoms with Crippen molar-refractivity contribution in [1.29, 1.82) is 0 Å². The topological polar surface area (TPSA) is 55.4 Å². The Kier molecular flexibility index (Phi) is 13.6. The van der Waals surface area contributed by atoms with Crippen molar-refractivity contribution >= 4 is 30.7 Å². The number of hydrogen-bond donors (Lipinski definition) is 0. The zero-order valence-electron chi connectivity index (χ0n) is 18.1. The molecule has 0 N–H and O–H groups in total. The molecule has 164 valence electrons. The molecule has 1 aromatic carbocycles. The van der Waals surface area contributed by atoms with Gasteiger partial charge in [-0.3, -0.25) is 0 Å². The quantitative estimate of drug-likeness (QED) is 0.157. The fourth-order valence-electron chi connectivity index (χ4n) is 2.03. The van der Waals surface area contributed by atoms with E-state index in [0.29, 0.717) is 52.9 Å². The second kappa shape index (κ2) is 15.0. The summed E-state index contributed by atoms with van der Waals surface area (Å²) in [5.41, 5.74) is 4.23. The van der Waals surface area contributed by atoms with Crippen molar-refractivity contribution in [3.05, 3.63) is 21.3 Å². The van der Waals surface area contributed by atoms with Gasteiger partial charge in [0.25, 0.3) is 0 Å². The maximum atomic E-state index is 5.94. The highest BCUT2D eigenvalue weighted by Gasteiger charge is 2.12. The van der Waals surface area contributed by atoms with E-state index in [1.165, 1.54) is 0 Å². The van der Waals surface area contributed by atoms with Crippen LogP contribution in [0.5, 0.6) is 11.5 Å². The molecule has 0 aliphatic carbocycles. The van der Waals surface area contributed by atoms with Crippen LogP contribution >= 0.6 is 22.6 Å². The summed E-state index contributed by atoms with van der Waals surface area (Å²) in [6.45, 7) is 10.8. The summed E-state index contributed by atoms with van der Waals surface area (Å²) < 4.78 is 33.6. The van der Waals surface area contributed by atoms with E-state index < -0.39 is 8.07 Å². The lowest BCUT2D eigenvalue weighted by atomic mass is 10.2. The summed E-state index contributed by atoms with van der Waals surface area (Å²) >= 11 is 2.25. The van der Waals surface area contributed by atoms with Crippen LogP contribution in [-0.4, -0.2) is 75.1 Å². The van der Waals surface area contributed by atoms with Gasteiger partial charge in [0.05, 0.1) is 48.8 Å². The zero-order chi connectivity index (χ0) is 21.5. The largest absolute Gasteiger partial charge is 0.490 e. The molecule has 0 unspecified atom stereocenters. The molecule has 29 heavy (non-hydrogen) atoms. The van der Waals surface area contributed by atoms with Crippen molar-refractivity contribution < 1.29 is 28.4 Å². The van der Waals surface area contributed by atoms with Gasteiger partial charge >= 0.3 is 0 Å². The van der Waals surface area contributed by atoms with Crippen molar-refractivity contribution in [2.24, 2.45) is 0 Å². The molecule has 0 heterocycles. The van der Waals surface area contributed by atoms with Crippen LogP contribution in [0.2, 0.25) is 19.6 Å². The molecule has 0 aliphatic rings. The average molecular weight is 536 g/mol. The summed E-state index contributed by atoms with van der Waals surface area (Å²) in [4.78, 5) is 0. The third-order valence-corrected chi connectivity index (χ3v) is 5.16. The molecule has 0 aromatic heterocycles. The van der Waals surface area contributed by atoms with Gasteiger partial charge in [-0.2, -0.15) is 0 Å². The Hall–Kier alpha value is -0.833. The number of halogens is 1. The molecule has 8 heteroatoms. The molecule has 0 saturated carbocycles. The molecular weight excluding hydrogens is 503 g/mol. The van der Waals surface area contributed by atoms with Crippen LogP contribution in [0.4, 0.5) is 0 Å². The van der Waals surface area contributed by atoms with Crippen LogP contribution in [0, 0.1) is 15.0 Å². The summed E-state index contributed by atoms with van der Waals surface area (Å²) in [5, 5.41) is 0. The normalized spacial score (nSPS) is 11.1. The van der Waals surface area contributed by atoms with E-state index >= 15 is 0 Å². The minimum absolute atomic E-state index is 0.453. The number of methoxy groups -OCH3 is 2. The highest BCUT2D eigenvalue weighted by atomic mass is 127. The Labute approximate surface area is 189 Å². The van der Waals surface area contributed by atoms with Gasteiger partial charge in [0, 0.05) is 20.3 Å². The molecule has 0 bridgehead atoms. The van der Waals surface area contributed by atoms with Crippen LogP contribution in [0.25, 0.3) is 0 Å². The fourth-order valence-corrected chi connectivity index (χ4v) is 3.13. The van der Waals surface area contributed by atoms with Gasteiger partial charge in [-0.1, -0.05) is 25.6 Å². The van der Waals surface area contributed by atoms with Crippen LogP contribution in [-0.2, 0) is 18.9 Å². The molecule has 0 aliphatic heterocycles. The van der Waals surface area contributed by atoms with Gasteiger partial charge in [-0.25, -0.2) is 0 Å². The van der Waals surface area contributed by atoms with Gasteiger partial charge in [0.2, 0.25) is 0 Å². The maximum absolute atomic E-state index is 5.94. The van der Waals surface area contributed by atoms with E-state index in [1.54, 1.807) is 14.2 Å². The molecule has 0 atom stereocenters.